The standard InChI is InChI=1S/C13H11N3O5/c1-7-3-4-9(16(20)21)10(5-7)15-6-8(2)12(17)11(14-15)13(18)19/h3-6H,1-2H3,(H,18,19). The van der Waals surface area contributed by atoms with Gasteiger partial charge in [0.15, 0.2) is 0 Å². The number of aromatic carboxylic acids is 1. The van der Waals surface area contributed by atoms with Crippen molar-refractivity contribution in [1.29, 1.82) is 0 Å². The van der Waals surface area contributed by atoms with Crippen LogP contribution < -0.4 is 5.43 Å². The van der Waals surface area contributed by atoms with E-state index in [1.807, 2.05) is 0 Å². The van der Waals surface area contributed by atoms with Crippen LogP contribution in [0.5, 0.6) is 0 Å². The van der Waals surface area contributed by atoms with E-state index in [1.54, 1.807) is 13.0 Å². The summed E-state index contributed by atoms with van der Waals surface area (Å²) in [7, 11) is 0. The SMILES string of the molecule is Cc1ccc([N+](=O)[O-])c(-n2cc(C)c(=O)c(C(=O)O)n2)c1. The van der Waals surface area contributed by atoms with Gasteiger partial charge >= 0.3 is 5.97 Å². The van der Waals surface area contributed by atoms with Crippen LogP contribution in [0.1, 0.15) is 21.6 Å². The topological polar surface area (TPSA) is 115 Å². The summed E-state index contributed by atoms with van der Waals surface area (Å²) in [6.07, 6.45) is 1.27. The van der Waals surface area contributed by atoms with Gasteiger partial charge in [-0.05, 0) is 25.5 Å². The number of aryl methyl sites for hydroxylation is 2. The van der Waals surface area contributed by atoms with E-state index in [2.05, 4.69) is 5.10 Å². The maximum atomic E-state index is 11.7. The summed E-state index contributed by atoms with van der Waals surface area (Å²) in [6.45, 7) is 3.16. The molecule has 108 valence electrons. The second-order valence-electron chi connectivity index (χ2n) is 4.49. The number of carboxylic acid groups (broad SMARTS) is 1. The lowest BCUT2D eigenvalue weighted by Gasteiger charge is -2.09. The van der Waals surface area contributed by atoms with Crippen LogP contribution in [-0.4, -0.2) is 25.8 Å². The molecule has 8 nitrogen and oxygen atoms in total. The number of nitrogens with zero attached hydrogens (tertiary/aromatic N) is 3. The van der Waals surface area contributed by atoms with Gasteiger partial charge in [-0.1, -0.05) is 6.07 Å². The molecule has 0 saturated carbocycles. The Morgan fingerprint density at radius 2 is 2.05 bits per heavy atom. The predicted octanol–water partition coefficient (Wildman–Crippen LogP) is 1.46. The summed E-state index contributed by atoms with van der Waals surface area (Å²) in [5.74, 6) is -1.48. The third kappa shape index (κ3) is 2.64. The van der Waals surface area contributed by atoms with E-state index in [9.17, 15) is 19.7 Å². The molecule has 0 aliphatic rings. The Balaban J connectivity index is 2.79. The second-order valence-corrected chi connectivity index (χ2v) is 4.49. The fourth-order valence-corrected chi connectivity index (χ4v) is 1.85. The Morgan fingerprint density at radius 1 is 1.38 bits per heavy atom. The summed E-state index contributed by atoms with van der Waals surface area (Å²) >= 11 is 0. The van der Waals surface area contributed by atoms with Crippen LogP contribution >= 0.6 is 0 Å². The van der Waals surface area contributed by atoms with Gasteiger partial charge in [0, 0.05) is 17.8 Å². The minimum Gasteiger partial charge on any atom is -0.476 e. The van der Waals surface area contributed by atoms with Crippen molar-refractivity contribution in [2.75, 3.05) is 0 Å². The molecular weight excluding hydrogens is 278 g/mol. The van der Waals surface area contributed by atoms with Gasteiger partial charge in [0.2, 0.25) is 11.1 Å². The van der Waals surface area contributed by atoms with Crippen molar-refractivity contribution in [3.8, 4) is 5.69 Å². The third-order valence-corrected chi connectivity index (χ3v) is 2.87. The minimum atomic E-state index is -1.48. The maximum absolute atomic E-state index is 11.7. The number of nitro benzene ring substituents is 1. The van der Waals surface area contributed by atoms with Crippen LogP contribution in [0.4, 0.5) is 5.69 Å². The maximum Gasteiger partial charge on any atom is 0.360 e. The number of hydrogen-bond acceptors (Lipinski definition) is 5. The summed E-state index contributed by atoms with van der Waals surface area (Å²) in [5, 5.41) is 23.7. The number of benzene rings is 1. The lowest BCUT2D eigenvalue weighted by atomic mass is 10.2. The molecule has 1 heterocycles. The van der Waals surface area contributed by atoms with Crippen LogP contribution in [0, 0.1) is 24.0 Å². The van der Waals surface area contributed by atoms with Gasteiger partial charge < -0.3 is 5.11 Å². The molecule has 1 N–H and O–H groups in total. The van der Waals surface area contributed by atoms with Gasteiger partial charge in [-0.25, -0.2) is 9.48 Å². The molecule has 21 heavy (non-hydrogen) atoms. The Labute approximate surface area is 118 Å². The van der Waals surface area contributed by atoms with Crippen LogP contribution in [0.15, 0.2) is 29.2 Å². The zero-order valence-electron chi connectivity index (χ0n) is 11.2. The molecule has 0 radical (unpaired) electrons. The monoisotopic (exact) mass is 289 g/mol. The Hall–Kier alpha value is -3.03. The summed E-state index contributed by atoms with van der Waals surface area (Å²) in [4.78, 5) is 33.2. The molecule has 0 saturated heterocycles. The highest BCUT2D eigenvalue weighted by molar-refractivity contribution is 5.85. The largest absolute Gasteiger partial charge is 0.476 e. The zero-order chi connectivity index (χ0) is 15.7. The van der Waals surface area contributed by atoms with Crippen LogP contribution in [-0.2, 0) is 0 Å². The van der Waals surface area contributed by atoms with Crippen LogP contribution in [0.2, 0.25) is 0 Å². The Morgan fingerprint density at radius 3 is 2.62 bits per heavy atom. The molecule has 0 aliphatic heterocycles. The van der Waals surface area contributed by atoms with Gasteiger partial charge in [0.05, 0.1) is 4.92 Å². The molecule has 0 spiro atoms. The summed E-state index contributed by atoms with van der Waals surface area (Å²) in [6, 6.07) is 4.37. The molecule has 0 fully saturated rings. The van der Waals surface area contributed by atoms with E-state index in [4.69, 9.17) is 5.11 Å². The van der Waals surface area contributed by atoms with Crippen LogP contribution in [0.3, 0.4) is 0 Å². The minimum absolute atomic E-state index is 0.102. The lowest BCUT2D eigenvalue weighted by molar-refractivity contribution is -0.384. The number of carbonyl (C=O) groups is 1. The first kappa shape index (κ1) is 14.4. The Kier molecular flexibility index (Phi) is 3.53. The lowest BCUT2D eigenvalue weighted by Crippen LogP contribution is -2.23. The fourth-order valence-electron chi connectivity index (χ4n) is 1.85. The van der Waals surface area contributed by atoms with Crippen molar-refractivity contribution in [2.45, 2.75) is 13.8 Å². The normalized spacial score (nSPS) is 10.4. The highest BCUT2D eigenvalue weighted by Crippen LogP contribution is 2.23. The smallest absolute Gasteiger partial charge is 0.360 e. The summed E-state index contributed by atoms with van der Waals surface area (Å²) in [5.41, 5.74) is -0.637. The highest BCUT2D eigenvalue weighted by atomic mass is 16.6. The van der Waals surface area contributed by atoms with Crippen molar-refractivity contribution in [2.24, 2.45) is 0 Å². The van der Waals surface area contributed by atoms with Crippen molar-refractivity contribution in [3.05, 3.63) is 61.6 Å². The van der Waals surface area contributed by atoms with Gasteiger partial charge in [0.1, 0.15) is 5.69 Å². The van der Waals surface area contributed by atoms with Crippen LogP contribution in [0.25, 0.3) is 5.69 Å². The van der Waals surface area contributed by atoms with E-state index in [0.717, 1.165) is 10.2 Å². The van der Waals surface area contributed by atoms with Crippen molar-refractivity contribution >= 4 is 11.7 Å². The van der Waals surface area contributed by atoms with Gasteiger partial charge in [-0.2, -0.15) is 5.10 Å². The molecule has 0 unspecified atom stereocenters. The average molecular weight is 289 g/mol. The average Bonchev–Trinajstić information content (AvgIpc) is 2.40. The molecule has 0 bridgehead atoms. The number of hydrogen-bond donors (Lipinski definition) is 1. The number of carboxylic acids is 1. The Bertz CT molecular complexity index is 810. The molecule has 1 aromatic carbocycles. The first-order chi connectivity index (χ1) is 9.81. The van der Waals surface area contributed by atoms with Crippen molar-refractivity contribution < 1.29 is 14.8 Å². The molecule has 0 aliphatic carbocycles. The van der Waals surface area contributed by atoms with Gasteiger partial charge in [-0.15, -0.1) is 0 Å². The first-order valence-electron chi connectivity index (χ1n) is 5.90. The molecule has 2 aromatic rings. The summed E-state index contributed by atoms with van der Waals surface area (Å²) < 4.78 is 1.05. The molecule has 0 atom stereocenters. The molecule has 8 heteroatoms. The number of aromatic nitrogens is 2. The second kappa shape index (κ2) is 5.16. The molecule has 0 amide bonds. The van der Waals surface area contributed by atoms with E-state index >= 15 is 0 Å². The van der Waals surface area contributed by atoms with Crippen molar-refractivity contribution in [1.82, 2.24) is 9.78 Å². The van der Waals surface area contributed by atoms with E-state index in [1.165, 1.54) is 25.3 Å². The van der Waals surface area contributed by atoms with Gasteiger partial charge in [0.25, 0.3) is 5.69 Å². The highest BCUT2D eigenvalue weighted by Gasteiger charge is 2.19. The van der Waals surface area contributed by atoms with E-state index < -0.39 is 22.0 Å². The quantitative estimate of drug-likeness (QED) is 0.675. The zero-order valence-corrected chi connectivity index (χ0v) is 11.2. The fraction of sp³-hybridized carbons (Fsp3) is 0.154. The van der Waals surface area contributed by atoms with E-state index in [0.29, 0.717) is 0 Å². The third-order valence-electron chi connectivity index (χ3n) is 2.87. The molecule has 1 aromatic heterocycles. The van der Waals surface area contributed by atoms with Gasteiger partial charge in [-0.3, -0.25) is 14.9 Å². The van der Waals surface area contributed by atoms with Crippen molar-refractivity contribution in [3.63, 3.8) is 0 Å². The first-order valence-corrected chi connectivity index (χ1v) is 5.90. The molecular formula is C13H11N3O5. The number of rotatable bonds is 3. The molecule has 2 rings (SSSR count). The van der Waals surface area contributed by atoms with E-state index in [-0.39, 0.29) is 16.9 Å². The predicted molar refractivity (Wildman–Crippen MR) is 72.9 cm³/mol. The number of nitro groups is 1.